The molecule has 0 radical (unpaired) electrons. The van der Waals surface area contributed by atoms with E-state index in [1.807, 2.05) is 43.3 Å². The minimum atomic E-state index is -0.370. The van der Waals surface area contributed by atoms with Crippen molar-refractivity contribution in [3.63, 3.8) is 0 Å². The van der Waals surface area contributed by atoms with Crippen LogP contribution in [0.25, 0.3) is 0 Å². The summed E-state index contributed by atoms with van der Waals surface area (Å²) in [6, 6.07) is 10.8. The molecule has 0 aliphatic carbocycles. The van der Waals surface area contributed by atoms with Gasteiger partial charge in [-0.2, -0.15) is 0 Å². The molecule has 1 unspecified atom stereocenters. The van der Waals surface area contributed by atoms with Gasteiger partial charge in [-0.15, -0.1) is 11.3 Å². The molecule has 0 fully saturated rings. The number of benzene rings is 1. The van der Waals surface area contributed by atoms with Crippen molar-refractivity contribution in [2.45, 2.75) is 13.0 Å². The first kappa shape index (κ1) is 15.5. The van der Waals surface area contributed by atoms with Gasteiger partial charge in [-0.05, 0) is 36.8 Å². The van der Waals surface area contributed by atoms with E-state index in [1.54, 1.807) is 19.1 Å². The molecule has 5 heteroatoms. The molecular weight excluding hydrogens is 286 g/mol. The largest absolute Gasteiger partial charge is 0.497 e. The summed E-state index contributed by atoms with van der Waals surface area (Å²) in [5.41, 5.74) is 0.877. The van der Waals surface area contributed by atoms with Gasteiger partial charge in [-0.1, -0.05) is 12.1 Å². The van der Waals surface area contributed by atoms with Crippen molar-refractivity contribution in [1.29, 1.82) is 0 Å². The molecule has 2 rings (SSSR count). The molecule has 0 saturated heterocycles. The lowest BCUT2D eigenvalue weighted by Crippen LogP contribution is -2.32. The summed E-state index contributed by atoms with van der Waals surface area (Å²) in [6.07, 6.45) is 0. The van der Waals surface area contributed by atoms with Gasteiger partial charge in [0.25, 0.3) is 5.91 Å². The van der Waals surface area contributed by atoms with Crippen LogP contribution < -0.4 is 4.74 Å². The Labute approximate surface area is 128 Å². The second-order valence-corrected chi connectivity index (χ2v) is 6.09. The molecule has 0 aliphatic rings. The average Bonchev–Trinajstić information content (AvgIpc) is 2.94. The molecule has 21 heavy (non-hydrogen) atoms. The van der Waals surface area contributed by atoms with Gasteiger partial charge >= 0.3 is 0 Å². The summed E-state index contributed by atoms with van der Waals surface area (Å²) in [5.74, 6) is 0.668. The predicted molar refractivity (Wildman–Crippen MR) is 84.0 cm³/mol. The zero-order valence-corrected chi connectivity index (χ0v) is 13.2. The second kappa shape index (κ2) is 6.74. The summed E-state index contributed by atoms with van der Waals surface area (Å²) >= 11 is 1.46. The standard InChI is InChI=1S/C16H19NO3S/c1-11-4-9-15(21-11)16(19)17(2)14(10-18)12-5-7-13(20-3)8-6-12/h4-9,14,18H,10H2,1-3H3. The smallest absolute Gasteiger partial charge is 0.264 e. The Morgan fingerprint density at radius 3 is 2.43 bits per heavy atom. The summed E-state index contributed by atoms with van der Waals surface area (Å²) < 4.78 is 5.12. The van der Waals surface area contributed by atoms with Gasteiger partial charge in [0.05, 0.1) is 24.6 Å². The van der Waals surface area contributed by atoms with Crippen molar-refractivity contribution in [2.75, 3.05) is 20.8 Å². The molecule has 1 heterocycles. The molecule has 1 amide bonds. The third kappa shape index (κ3) is 3.43. The number of hydrogen-bond acceptors (Lipinski definition) is 4. The van der Waals surface area contributed by atoms with E-state index < -0.39 is 0 Å². The van der Waals surface area contributed by atoms with Crippen LogP contribution in [0.4, 0.5) is 0 Å². The maximum absolute atomic E-state index is 12.5. The van der Waals surface area contributed by atoms with Crippen molar-refractivity contribution in [3.05, 3.63) is 51.7 Å². The van der Waals surface area contributed by atoms with E-state index in [1.165, 1.54) is 11.3 Å². The van der Waals surface area contributed by atoms with E-state index in [2.05, 4.69) is 0 Å². The summed E-state index contributed by atoms with van der Waals surface area (Å²) in [6.45, 7) is 1.84. The van der Waals surface area contributed by atoms with Crippen LogP contribution >= 0.6 is 11.3 Å². The van der Waals surface area contributed by atoms with E-state index in [0.717, 1.165) is 16.2 Å². The van der Waals surface area contributed by atoms with Crippen molar-refractivity contribution in [3.8, 4) is 5.75 Å². The van der Waals surface area contributed by atoms with Crippen LogP contribution in [0, 0.1) is 6.92 Å². The molecule has 0 saturated carbocycles. The number of likely N-dealkylation sites (N-methyl/N-ethyl adjacent to an activating group) is 1. The first-order valence-electron chi connectivity index (χ1n) is 6.65. The normalized spacial score (nSPS) is 12.0. The fourth-order valence-electron chi connectivity index (χ4n) is 2.14. The lowest BCUT2D eigenvalue weighted by Gasteiger charge is -2.26. The first-order chi connectivity index (χ1) is 10.1. The number of nitrogens with zero attached hydrogens (tertiary/aromatic N) is 1. The lowest BCUT2D eigenvalue weighted by molar-refractivity contribution is 0.0663. The van der Waals surface area contributed by atoms with Crippen molar-refractivity contribution in [1.82, 2.24) is 4.90 Å². The Morgan fingerprint density at radius 2 is 1.95 bits per heavy atom. The zero-order valence-electron chi connectivity index (χ0n) is 12.4. The quantitative estimate of drug-likeness (QED) is 0.924. The van der Waals surface area contributed by atoms with E-state index in [9.17, 15) is 9.90 Å². The number of methoxy groups -OCH3 is 1. The number of ether oxygens (including phenoxy) is 1. The van der Waals surface area contributed by atoms with Gasteiger partial charge in [0, 0.05) is 11.9 Å². The molecule has 0 aliphatic heterocycles. The molecule has 4 nitrogen and oxygen atoms in total. The minimum Gasteiger partial charge on any atom is -0.497 e. The number of carbonyl (C=O) groups excluding carboxylic acids is 1. The fourth-order valence-corrected chi connectivity index (χ4v) is 2.99. The summed E-state index contributed by atoms with van der Waals surface area (Å²) in [7, 11) is 3.32. The summed E-state index contributed by atoms with van der Waals surface area (Å²) in [4.78, 5) is 15.8. The highest BCUT2D eigenvalue weighted by Crippen LogP contribution is 2.25. The lowest BCUT2D eigenvalue weighted by atomic mass is 10.1. The van der Waals surface area contributed by atoms with Crippen LogP contribution in [0.2, 0.25) is 0 Å². The molecule has 0 bridgehead atoms. The first-order valence-corrected chi connectivity index (χ1v) is 7.47. The average molecular weight is 305 g/mol. The summed E-state index contributed by atoms with van der Waals surface area (Å²) in [5, 5.41) is 9.66. The molecule has 1 aromatic carbocycles. The number of aryl methyl sites for hydroxylation is 1. The monoisotopic (exact) mass is 305 g/mol. The second-order valence-electron chi connectivity index (χ2n) is 4.80. The van der Waals surface area contributed by atoms with Crippen LogP contribution in [0.5, 0.6) is 5.75 Å². The highest BCUT2D eigenvalue weighted by atomic mass is 32.1. The number of hydrogen-bond donors (Lipinski definition) is 1. The number of aliphatic hydroxyl groups excluding tert-OH is 1. The maximum atomic E-state index is 12.5. The van der Waals surface area contributed by atoms with Gasteiger partial charge in [-0.3, -0.25) is 4.79 Å². The van der Waals surface area contributed by atoms with Crippen LogP contribution in [-0.4, -0.2) is 36.7 Å². The van der Waals surface area contributed by atoms with Gasteiger partial charge in [0.15, 0.2) is 0 Å². The van der Waals surface area contributed by atoms with E-state index in [-0.39, 0.29) is 18.6 Å². The molecule has 1 N–H and O–H groups in total. The van der Waals surface area contributed by atoms with Crippen LogP contribution in [0.3, 0.4) is 0 Å². The Hall–Kier alpha value is -1.85. The third-order valence-corrected chi connectivity index (χ3v) is 4.40. The SMILES string of the molecule is COc1ccc(C(CO)N(C)C(=O)c2ccc(C)s2)cc1. The third-order valence-electron chi connectivity index (χ3n) is 3.41. The number of rotatable bonds is 5. The number of carbonyl (C=O) groups is 1. The van der Waals surface area contributed by atoms with Crippen LogP contribution in [-0.2, 0) is 0 Å². The molecule has 0 spiro atoms. The fraction of sp³-hybridized carbons (Fsp3) is 0.312. The van der Waals surface area contributed by atoms with E-state index in [4.69, 9.17) is 4.74 Å². The Bertz CT molecular complexity index is 606. The van der Waals surface area contributed by atoms with Gasteiger partial charge in [0.2, 0.25) is 0 Å². The van der Waals surface area contributed by atoms with Crippen molar-refractivity contribution >= 4 is 17.2 Å². The van der Waals surface area contributed by atoms with Crippen molar-refractivity contribution in [2.24, 2.45) is 0 Å². The van der Waals surface area contributed by atoms with Gasteiger partial charge in [-0.25, -0.2) is 0 Å². The Morgan fingerprint density at radius 1 is 1.29 bits per heavy atom. The van der Waals surface area contributed by atoms with E-state index in [0.29, 0.717) is 4.88 Å². The molecule has 2 aromatic rings. The topological polar surface area (TPSA) is 49.8 Å². The van der Waals surface area contributed by atoms with Gasteiger partial charge < -0.3 is 14.7 Å². The highest BCUT2D eigenvalue weighted by molar-refractivity contribution is 7.13. The minimum absolute atomic E-state index is 0.0806. The predicted octanol–water partition coefficient (Wildman–Crippen LogP) is 2.87. The highest BCUT2D eigenvalue weighted by Gasteiger charge is 2.23. The van der Waals surface area contributed by atoms with Crippen LogP contribution in [0.1, 0.15) is 26.2 Å². The maximum Gasteiger partial charge on any atom is 0.264 e. The molecule has 1 atom stereocenters. The molecule has 1 aromatic heterocycles. The molecule has 112 valence electrons. The van der Waals surface area contributed by atoms with Gasteiger partial charge in [0.1, 0.15) is 5.75 Å². The zero-order chi connectivity index (χ0) is 15.4. The van der Waals surface area contributed by atoms with Crippen molar-refractivity contribution < 1.29 is 14.6 Å². The molecular formula is C16H19NO3S. The van der Waals surface area contributed by atoms with Crippen LogP contribution in [0.15, 0.2) is 36.4 Å². The number of thiophene rings is 1. The Balaban J connectivity index is 2.21. The van der Waals surface area contributed by atoms with E-state index >= 15 is 0 Å². The number of aliphatic hydroxyl groups is 1. The number of amides is 1. The Kier molecular flexibility index (Phi) is 4.98.